The molecule has 2 aromatic carbocycles. The molecule has 148 valence electrons. The van der Waals surface area contributed by atoms with Crippen molar-refractivity contribution in [3.05, 3.63) is 64.6 Å². The Kier molecular flexibility index (Phi) is 5.19. The van der Waals surface area contributed by atoms with Gasteiger partial charge in [-0.1, -0.05) is 0 Å². The molecule has 3 aromatic rings. The summed E-state index contributed by atoms with van der Waals surface area (Å²) in [5, 5.41) is 13.6. The summed E-state index contributed by atoms with van der Waals surface area (Å²) in [4.78, 5) is 14.9. The maximum atomic E-state index is 14.0. The van der Waals surface area contributed by atoms with Gasteiger partial charge < -0.3 is 20.8 Å². The zero-order valence-corrected chi connectivity index (χ0v) is 15.8. The topological polar surface area (TPSA) is 104 Å². The molecule has 4 N–H and O–H groups in total. The third-order valence-corrected chi connectivity index (χ3v) is 5.31. The van der Waals surface area contributed by atoms with Crippen LogP contribution in [0, 0.1) is 17.1 Å². The Morgan fingerprint density at radius 1 is 1.38 bits per heavy atom. The van der Waals surface area contributed by atoms with E-state index in [1.165, 1.54) is 17.7 Å². The Hall–Kier alpha value is -3.37. The fourth-order valence-electron chi connectivity index (χ4n) is 3.85. The highest BCUT2D eigenvalue weighted by Gasteiger charge is 2.26. The highest BCUT2D eigenvalue weighted by Crippen LogP contribution is 2.31. The first-order valence-corrected chi connectivity index (χ1v) is 9.54. The van der Waals surface area contributed by atoms with Gasteiger partial charge in [-0.3, -0.25) is 4.79 Å². The minimum Gasteiger partial charge on any atom is -0.489 e. The number of amides is 1. The van der Waals surface area contributed by atoms with Gasteiger partial charge in [-0.15, -0.1) is 0 Å². The number of nitriles is 1. The van der Waals surface area contributed by atoms with Crippen molar-refractivity contribution in [2.75, 3.05) is 13.2 Å². The molecule has 1 aromatic heterocycles. The molecular formula is C22H21FN4O2. The predicted octanol–water partition coefficient (Wildman–Crippen LogP) is 2.80. The van der Waals surface area contributed by atoms with Crippen molar-refractivity contribution >= 4 is 16.8 Å². The van der Waals surface area contributed by atoms with Crippen LogP contribution in [0.25, 0.3) is 10.9 Å². The third-order valence-electron chi connectivity index (χ3n) is 5.31. The Morgan fingerprint density at radius 3 is 3.03 bits per heavy atom. The molecule has 0 bridgehead atoms. The molecule has 0 fully saturated rings. The summed E-state index contributed by atoms with van der Waals surface area (Å²) in [7, 11) is 0. The second-order valence-electron chi connectivity index (χ2n) is 7.22. The number of ether oxygens (including phenoxy) is 1. The maximum absolute atomic E-state index is 14.0. The van der Waals surface area contributed by atoms with Crippen LogP contribution in [0.15, 0.2) is 36.5 Å². The van der Waals surface area contributed by atoms with Crippen molar-refractivity contribution in [2.45, 2.75) is 25.3 Å². The molecule has 0 aliphatic carbocycles. The zero-order valence-electron chi connectivity index (χ0n) is 15.8. The molecule has 6 nitrogen and oxygen atoms in total. The number of H-pyrrole nitrogens is 1. The Morgan fingerprint density at radius 2 is 2.24 bits per heavy atom. The molecule has 1 aliphatic heterocycles. The van der Waals surface area contributed by atoms with Crippen LogP contribution >= 0.6 is 0 Å². The summed E-state index contributed by atoms with van der Waals surface area (Å²) in [6, 6.07) is 10.4. The largest absolute Gasteiger partial charge is 0.489 e. The molecule has 0 saturated heterocycles. The first-order valence-electron chi connectivity index (χ1n) is 9.54. The highest BCUT2D eigenvalue weighted by molar-refractivity contribution is 5.95. The number of benzene rings is 2. The Bertz CT molecular complexity index is 1120. The van der Waals surface area contributed by atoms with Crippen LogP contribution in [-0.2, 0) is 12.8 Å². The van der Waals surface area contributed by atoms with Crippen molar-refractivity contribution in [2.24, 2.45) is 5.73 Å². The van der Waals surface area contributed by atoms with Crippen molar-refractivity contribution in [1.29, 1.82) is 5.26 Å². The molecule has 1 aliphatic rings. The van der Waals surface area contributed by atoms with E-state index < -0.39 is 11.7 Å². The van der Waals surface area contributed by atoms with E-state index in [4.69, 9.17) is 15.7 Å². The van der Waals surface area contributed by atoms with E-state index >= 15 is 0 Å². The molecule has 0 saturated carbocycles. The van der Waals surface area contributed by atoms with E-state index in [1.807, 2.05) is 18.3 Å². The van der Waals surface area contributed by atoms with E-state index in [0.717, 1.165) is 30.3 Å². The molecular weight excluding hydrogens is 371 g/mol. The van der Waals surface area contributed by atoms with Crippen LogP contribution in [0.3, 0.4) is 0 Å². The van der Waals surface area contributed by atoms with E-state index in [1.54, 1.807) is 6.07 Å². The van der Waals surface area contributed by atoms with Crippen LogP contribution < -0.4 is 15.8 Å². The molecule has 1 unspecified atom stereocenters. The van der Waals surface area contributed by atoms with Crippen LogP contribution in [-0.4, -0.2) is 30.1 Å². The molecule has 2 heterocycles. The SMILES string of the molecule is N#Cc1ccc2[nH]cc(CCCNC3COc4c(F)ccc(C(N)=O)c4C3)c2c1. The number of aromatic amines is 1. The number of primary amides is 1. The van der Waals surface area contributed by atoms with Gasteiger partial charge in [-0.05, 0) is 61.7 Å². The van der Waals surface area contributed by atoms with Gasteiger partial charge in [-0.2, -0.15) is 5.26 Å². The monoisotopic (exact) mass is 392 g/mol. The zero-order chi connectivity index (χ0) is 20.4. The van der Waals surface area contributed by atoms with E-state index in [0.29, 0.717) is 29.7 Å². The first-order chi connectivity index (χ1) is 14.1. The van der Waals surface area contributed by atoms with Crippen molar-refractivity contribution in [3.63, 3.8) is 0 Å². The summed E-state index contributed by atoms with van der Waals surface area (Å²) in [5.74, 6) is -0.924. The number of carbonyl (C=O) groups is 1. The lowest BCUT2D eigenvalue weighted by Crippen LogP contribution is -2.40. The summed E-state index contributed by atoms with van der Waals surface area (Å²) in [6.45, 7) is 1.08. The number of carbonyl (C=O) groups excluding carboxylic acids is 1. The summed E-state index contributed by atoms with van der Waals surface area (Å²) < 4.78 is 19.5. The van der Waals surface area contributed by atoms with E-state index in [2.05, 4.69) is 16.4 Å². The van der Waals surface area contributed by atoms with Gasteiger partial charge in [0, 0.05) is 34.3 Å². The third kappa shape index (κ3) is 3.80. The van der Waals surface area contributed by atoms with Crippen molar-refractivity contribution < 1.29 is 13.9 Å². The smallest absolute Gasteiger partial charge is 0.249 e. The lowest BCUT2D eigenvalue weighted by Gasteiger charge is -2.27. The average Bonchev–Trinajstić information content (AvgIpc) is 3.13. The number of rotatable bonds is 6. The normalized spacial score (nSPS) is 15.5. The quantitative estimate of drug-likeness (QED) is 0.561. The maximum Gasteiger partial charge on any atom is 0.249 e. The van der Waals surface area contributed by atoms with Crippen LogP contribution in [0.5, 0.6) is 5.75 Å². The van der Waals surface area contributed by atoms with Crippen LogP contribution in [0.1, 0.15) is 33.5 Å². The fourth-order valence-corrected chi connectivity index (χ4v) is 3.85. The molecule has 0 radical (unpaired) electrons. The summed E-state index contributed by atoms with van der Waals surface area (Å²) in [6.07, 6.45) is 4.21. The van der Waals surface area contributed by atoms with Gasteiger partial charge in [0.05, 0.1) is 11.6 Å². The van der Waals surface area contributed by atoms with Crippen LogP contribution in [0.4, 0.5) is 4.39 Å². The molecule has 29 heavy (non-hydrogen) atoms. The molecule has 7 heteroatoms. The number of halogens is 1. The molecule has 0 spiro atoms. The van der Waals surface area contributed by atoms with Gasteiger partial charge in [-0.25, -0.2) is 4.39 Å². The van der Waals surface area contributed by atoms with Crippen molar-refractivity contribution in [3.8, 4) is 11.8 Å². The lowest BCUT2D eigenvalue weighted by atomic mass is 9.96. The number of aromatic nitrogens is 1. The van der Waals surface area contributed by atoms with Crippen LogP contribution in [0.2, 0.25) is 0 Å². The van der Waals surface area contributed by atoms with Gasteiger partial charge in [0.2, 0.25) is 5.91 Å². The molecule has 4 rings (SSSR count). The predicted molar refractivity (Wildman–Crippen MR) is 107 cm³/mol. The Balaban J connectivity index is 1.36. The Labute approximate surface area is 167 Å². The average molecular weight is 392 g/mol. The van der Waals surface area contributed by atoms with Gasteiger partial charge >= 0.3 is 0 Å². The minimum atomic E-state index is -0.582. The van der Waals surface area contributed by atoms with E-state index in [-0.39, 0.29) is 11.8 Å². The lowest BCUT2D eigenvalue weighted by molar-refractivity contribution is 0.0997. The summed E-state index contributed by atoms with van der Waals surface area (Å²) >= 11 is 0. The number of hydrogen-bond acceptors (Lipinski definition) is 4. The van der Waals surface area contributed by atoms with Crippen molar-refractivity contribution in [1.82, 2.24) is 10.3 Å². The molecule has 1 atom stereocenters. The minimum absolute atomic E-state index is 0.0180. The molecule has 1 amide bonds. The number of hydrogen-bond donors (Lipinski definition) is 3. The number of nitrogens with two attached hydrogens (primary N) is 1. The number of nitrogens with one attached hydrogen (secondary N) is 2. The van der Waals surface area contributed by atoms with Gasteiger partial charge in [0.25, 0.3) is 0 Å². The number of fused-ring (bicyclic) bond motifs is 2. The second kappa shape index (κ2) is 7.94. The number of aryl methyl sites for hydroxylation is 1. The number of nitrogens with zero attached hydrogens (tertiary/aromatic N) is 1. The van der Waals surface area contributed by atoms with Gasteiger partial charge in [0.15, 0.2) is 11.6 Å². The van der Waals surface area contributed by atoms with E-state index in [9.17, 15) is 9.18 Å². The highest BCUT2D eigenvalue weighted by atomic mass is 19.1. The second-order valence-corrected chi connectivity index (χ2v) is 7.22. The van der Waals surface area contributed by atoms with Gasteiger partial charge in [0.1, 0.15) is 6.61 Å². The fraction of sp³-hybridized carbons (Fsp3) is 0.273. The first kappa shape index (κ1) is 19.0. The standard InChI is InChI=1S/C22H21FN4O2/c23-19-5-4-16(22(25)28)18-9-15(12-29-21(18)19)26-7-1-2-14-11-27-20-6-3-13(10-24)8-17(14)20/h3-6,8,11,15,26-27H,1-2,7,9,12H2,(H2,25,28). The summed E-state index contributed by atoms with van der Waals surface area (Å²) in [5.41, 5.74) is 9.08.